The van der Waals surface area contributed by atoms with Gasteiger partial charge in [0.05, 0.1) is 14.2 Å². The number of methoxy groups -OCH3 is 2. The summed E-state index contributed by atoms with van der Waals surface area (Å²) < 4.78 is 9.12. The Morgan fingerprint density at radius 1 is 0.926 bits per heavy atom. The summed E-state index contributed by atoms with van der Waals surface area (Å²) in [6.07, 6.45) is 0. The molecule has 1 rings (SSSR count). The van der Waals surface area contributed by atoms with E-state index in [2.05, 4.69) is 14.8 Å². The van der Waals surface area contributed by atoms with Crippen molar-refractivity contribution >= 4 is 23.8 Å². The lowest BCUT2D eigenvalue weighted by Crippen LogP contribution is -2.40. The summed E-state index contributed by atoms with van der Waals surface area (Å²) in [5.74, 6) is -1.87. The number of nitrogens with one attached hydrogen (secondary N) is 1. The fourth-order valence-electron chi connectivity index (χ4n) is 2.04. The number of ether oxygens (including phenoxy) is 2. The van der Waals surface area contributed by atoms with E-state index in [0.717, 1.165) is 10.5 Å². The zero-order valence-corrected chi connectivity index (χ0v) is 16.3. The molecular weight excluding hydrogens is 352 g/mol. The van der Waals surface area contributed by atoms with Crippen molar-refractivity contribution in [2.75, 3.05) is 27.3 Å². The molecule has 0 saturated carbocycles. The van der Waals surface area contributed by atoms with Gasteiger partial charge in [0.1, 0.15) is 13.1 Å². The third-order valence-corrected chi connectivity index (χ3v) is 3.72. The molecule has 8 nitrogen and oxygen atoms in total. The lowest BCUT2D eigenvalue weighted by atomic mass is 9.95. The zero-order chi connectivity index (χ0) is 20.6. The van der Waals surface area contributed by atoms with Crippen molar-refractivity contribution in [1.29, 1.82) is 0 Å². The number of nitrogens with zero attached hydrogens (tertiary/aromatic N) is 1. The zero-order valence-electron chi connectivity index (χ0n) is 16.3. The van der Waals surface area contributed by atoms with Gasteiger partial charge in [-0.05, 0) is 17.7 Å². The minimum Gasteiger partial charge on any atom is -0.468 e. The standard InChI is InChI=1S/C19H26N2O6/c1-19(2,3)18(25)20-10-13-6-8-14(9-7-13)17(24)21(11-15(22)26-4)12-16(23)27-5/h6-9H,10-12H2,1-5H3,(H,20,25). The highest BCUT2D eigenvalue weighted by Crippen LogP contribution is 2.13. The van der Waals surface area contributed by atoms with E-state index in [1.54, 1.807) is 24.3 Å². The third-order valence-electron chi connectivity index (χ3n) is 3.72. The number of carbonyl (C=O) groups excluding carboxylic acids is 4. The van der Waals surface area contributed by atoms with E-state index in [1.807, 2.05) is 20.8 Å². The topological polar surface area (TPSA) is 102 Å². The number of benzene rings is 1. The third kappa shape index (κ3) is 7.08. The molecule has 0 atom stereocenters. The molecule has 0 aliphatic heterocycles. The monoisotopic (exact) mass is 378 g/mol. The van der Waals surface area contributed by atoms with Crippen LogP contribution in [0.2, 0.25) is 0 Å². The molecule has 1 N–H and O–H groups in total. The SMILES string of the molecule is COC(=O)CN(CC(=O)OC)C(=O)c1ccc(CNC(=O)C(C)(C)C)cc1. The molecule has 0 aliphatic carbocycles. The van der Waals surface area contributed by atoms with Gasteiger partial charge in [0, 0.05) is 17.5 Å². The van der Waals surface area contributed by atoms with Gasteiger partial charge in [0.2, 0.25) is 5.91 Å². The number of hydrogen-bond acceptors (Lipinski definition) is 6. The van der Waals surface area contributed by atoms with Crippen LogP contribution in [0.15, 0.2) is 24.3 Å². The van der Waals surface area contributed by atoms with Crippen LogP contribution in [0.1, 0.15) is 36.7 Å². The first-order valence-electron chi connectivity index (χ1n) is 8.38. The summed E-state index contributed by atoms with van der Waals surface area (Å²) in [7, 11) is 2.40. The number of rotatable bonds is 7. The first-order valence-corrected chi connectivity index (χ1v) is 8.38. The average molecular weight is 378 g/mol. The molecule has 0 unspecified atom stereocenters. The molecule has 0 fully saturated rings. The summed E-state index contributed by atoms with van der Waals surface area (Å²) in [6.45, 7) is 5.06. The van der Waals surface area contributed by atoms with Crippen LogP contribution in [0.5, 0.6) is 0 Å². The molecule has 27 heavy (non-hydrogen) atoms. The summed E-state index contributed by atoms with van der Waals surface area (Å²) in [5.41, 5.74) is 0.628. The number of hydrogen-bond donors (Lipinski definition) is 1. The van der Waals surface area contributed by atoms with Crippen molar-refractivity contribution in [3.05, 3.63) is 35.4 Å². The summed E-state index contributed by atoms with van der Waals surface area (Å²) in [6, 6.07) is 6.54. The molecule has 0 aliphatic rings. The van der Waals surface area contributed by atoms with Gasteiger partial charge >= 0.3 is 11.9 Å². The van der Waals surface area contributed by atoms with E-state index in [1.165, 1.54) is 14.2 Å². The van der Waals surface area contributed by atoms with Gasteiger partial charge in [-0.25, -0.2) is 0 Å². The van der Waals surface area contributed by atoms with Gasteiger partial charge in [-0.15, -0.1) is 0 Å². The molecule has 8 heteroatoms. The Morgan fingerprint density at radius 3 is 1.81 bits per heavy atom. The van der Waals surface area contributed by atoms with Crippen LogP contribution >= 0.6 is 0 Å². The maximum atomic E-state index is 12.6. The second-order valence-electron chi connectivity index (χ2n) is 6.94. The summed E-state index contributed by atoms with van der Waals surface area (Å²) in [4.78, 5) is 48.6. The van der Waals surface area contributed by atoms with Crippen LogP contribution < -0.4 is 5.32 Å². The van der Waals surface area contributed by atoms with Crippen molar-refractivity contribution in [1.82, 2.24) is 10.2 Å². The Balaban J connectivity index is 2.83. The molecule has 148 valence electrons. The molecule has 0 aromatic heterocycles. The highest BCUT2D eigenvalue weighted by Gasteiger charge is 2.23. The van der Waals surface area contributed by atoms with Crippen molar-refractivity contribution in [2.24, 2.45) is 5.41 Å². The predicted molar refractivity (Wildman–Crippen MR) is 97.7 cm³/mol. The van der Waals surface area contributed by atoms with Crippen LogP contribution in [-0.2, 0) is 30.4 Å². The van der Waals surface area contributed by atoms with E-state index in [0.29, 0.717) is 12.1 Å². The van der Waals surface area contributed by atoms with E-state index in [9.17, 15) is 19.2 Å². The molecule has 1 aromatic carbocycles. The largest absolute Gasteiger partial charge is 0.468 e. The Morgan fingerprint density at radius 2 is 1.41 bits per heavy atom. The average Bonchev–Trinajstić information content (AvgIpc) is 2.64. The van der Waals surface area contributed by atoms with E-state index in [4.69, 9.17) is 0 Å². The van der Waals surface area contributed by atoms with Gasteiger partial charge in [-0.3, -0.25) is 19.2 Å². The normalized spacial score (nSPS) is 10.7. The van der Waals surface area contributed by atoms with Crippen molar-refractivity contribution in [3.63, 3.8) is 0 Å². The Kier molecular flexibility index (Phi) is 7.96. The maximum Gasteiger partial charge on any atom is 0.325 e. The predicted octanol–water partition coefficient (Wildman–Crippen LogP) is 1.14. The van der Waals surface area contributed by atoms with Crippen LogP contribution in [0.3, 0.4) is 0 Å². The molecule has 0 spiro atoms. The second-order valence-corrected chi connectivity index (χ2v) is 6.94. The van der Waals surface area contributed by atoms with Crippen LogP contribution in [0.25, 0.3) is 0 Å². The summed E-state index contributed by atoms with van der Waals surface area (Å²) >= 11 is 0. The lowest BCUT2D eigenvalue weighted by molar-refractivity contribution is -0.144. The number of carbonyl (C=O) groups is 4. The highest BCUT2D eigenvalue weighted by molar-refractivity contribution is 5.97. The highest BCUT2D eigenvalue weighted by atomic mass is 16.5. The minimum absolute atomic E-state index is 0.0787. The first-order chi connectivity index (χ1) is 12.6. The van der Waals surface area contributed by atoms with Gasteiger partial charge < -0.3 is 19.7 Å². The van der Waals surface area contributed by atoms with Crippen molar-refractivity contribution in [2.45, 2.75) is 27.3 Å². The molecule has 0 saturated heterocycles. The second kappa shape index (κ2) is 9.70. The summed E-state index contributed by atoms with van der Waals surface area (Å²) in [5, 5.41) is 2.82. The van der Waals surface area contributed by atoms with Crippen LogP contribution in [-0.4, -0.2) is 56.0 Å². The molecule has 0 bridgehead atoms. The fraction of sp³-hybridized carbons (Fsp3) is 0.474. The minimum atomic E-state index is -0.645. The first kappa shape index (κ1) is 22.1. The Labute approximate surface area is 158 Å². The van der Waals surface area contributed by atoms with Crippen LogP contribution in [0.4, 0.5) is 0 Å². The van der Waals surface area contributed by atoms with Crippen molar-refractivity contribution < 1.29 is 28.7 Å². The smallest absolute Gasteiger partial charge is 0.325 e. The van der Waals surface area contributed by atoms with E-state index in [-0.39, 0.29) is 19.0 Å². The van der Waals surface area contributed by atoms with E-state index >= 15 is 0 Å². The van der Waals surface area contributed by atoms with Gasteiger partial charge in [0.25, 0.3) is 5.91 Å². The quantitative estimate of drug-likeness (QED) is 0.714. The number of esters is 2. The molecule has 2 amide bonds. The number of amides is 2. The molecular formula is C19H26N2O6. The van der Waals surface area contributed by atoms with E-state index < -0.39 is 23.3 Å². The molecule has 0 radical (unpaired) electrons. The lowest BCUT2D eigenvalue weighted by Gasteiger charge is -2.20. The van der Waals surface area contributed by atoms with Crippen LogP contribution in [0, 0.1) is 5.41 Å². The maximum absolute atomic E-state index is 12.6. The van der Waals surface area contributed by atoms with Gasteiger partial charge in [0.15, 0.2) is 0 Å². The molecule has 0 heterocycles. The Bertz CT molecular complexity index is 673. The molecule has 1 aromatic rings. The fourth-order valence-corrected chi connectivity index (χ4v) is 2.04. The Hall–Kier alpha value is -2.90. The van der Waals surface area contributed by atoms with Gasteiger partial charge in [-0.2, -0.15) is 0 Å². The van der Waals surface area contributed by atoms with Gasteiger partial charge in [-0.1, -0.05) is 32.9 Å². The van der Waals surface area contributed by atoms with Crippen molar-refractivity contribution in [3.8, 4) is 0 Å².